The number of nitrogens with zero attached hydrogens (tertiary/aromatic N) is 3. The molecule has 2 aliphatic rings. The predicted octanol–water partition coefficient (Wildman–Crippen LogP) is 2.71. The lowest BCUT2D eigenvalue weighted by Crippen LogP contribution is -2.36. The van der Waals surface area contributed by atoms with Gasteiger partial charge in [0.1, 0.15) is 5.82 Å². The van der Waals surface area contributed by atoms with E-state index in [-0.39, 0.29) is 35.9 Å². The van der Waals surface area contributed by atoms with E-state index in [1.165, 1.54) is 11.0 Å². The number of rotatable bonds is 7. The second-order valence-electron chi connectivity index (χ2n) is 7.36. The van der Waals surface area contributed by atoms with Gasteiger partial charge in [-0.15, -0.1) is 0 Å². The number of ether oxygens (including phenoxy) is 1. The number of fused-ring (bicyclic) bond motifs is 1. The molecule has 0 aliphatic carbocycles. The number of amides is 3. The Bertz CT molecular complexity index is 946. The summed E-state index contributed by atoms with van der Waals surface area (Å²) in [7, 11) is 0. The molecule has 1 N–H and O–H groups in total. The maximum absolute atomic E-state index is 12.8. The molecular weight excluding hydrogens is 372 g/mol. The van der Waals surface area contributed by atoms with Gasteiger partial charge in [0.2, 0.25) is 0 Å². The van der Waals surface area contributed by atoms with E-state index in [0.29, 0.717) is 30.1 Å². The number of nitrogens with one attached hydrogen (secondary N) is 1. The first kappa shape index (κ1) is 19.3. The van der Waals surface area contributed by atoms with E-state index in [2.05, 4.69) is 17.3 Å². The molecule has 1 aromatic carbocycles. The van der Waals surface area contributed by atoms with E-state index in [0.717, 1.165) is 25.7 Å². The highest BCUT2D eigenvalue weighted by Crippen LogP contribution is 2.26. The number of anilines is 1. The monoisotopic (exact) mass is 396 g/mol. The molecule has 1 aromatic heterocycles. The van der Waals surface area contributed by atoms with Crippen LogP contribution in [-0.4, -0.2) is 51.7 Å². The quantitative estimate of drug-likeness (QED) is 0.727. The molecule has 3 amide bonds. The fourth-order valence-corrected chi connectivity index (χ4v) is 3.70. The smallest absolute Gasteiger partial charge is 0.261 e. The molecule has 0 saturated carbocycles. The molecule has 152 valence electrons. The van der Waals surface area contributed by atoms with Crippen molar-refractivity contribution in [2.75, 3.05) is 18.5 Å². The second-order valence-corrected chi connectivity index (χ2v) is 7.36. The van der Waals surface area contributed by atoms with Gasteiger partial charge in [0.25, 0.3) is 17.7 Å². The zero-order valence-electron chi connectivity index (χ0n) is 16.4. The van der Waals surface area contributed by atoms with Crippen molar-refractivity contribution in [3.05, 3.63) is 47.2 Å². The maximum Gasteiger partial charge on any atom is 0.261 e. The standard InChI is InChI=1S/C21H24N4O4/c1-2-3-10-25-18(8-9-22-25)23-19(26)14-6-7-16-17(12-14)21(28)24(20(16)27)13-15-5-4-11-29-15/h6-9,12,15H,2-5,10-11,13H2,1H3,(H,23,26). The van der Waals surface area contributed by atoms with Crippen LogP contribution in [0.3, 0.4) is 0 Å². The van der Waals surface area contributed by atoms with Crippen LogP contribution < -0.4 is 5.32 Å². The van der Waals surface area contributed by atoms with Gasteiger partial charge in [0.15, 0.2) is 0 Å². The highest BCUT2D eigenvalue weighted by atomic mass is 16.5. The minimum atomic E-state index is -0.372. The number of aryl methyl sites for hydroxylation is 1. The molecule has 2 aromatic rings. The Morgan fingerprint density at radius 1 is 1.24 bits per heavy atom. The fraction of sp³-hybridized carbons (Fsp3) is 0.429. The lowest BCUT2D eigenvalue weighted by Gasteiger charge is -2.17. The highest BCUT2D eigenvalue weighted by molar-refractivity contribution is 6.22. The van der Waals surface area contributed by atoms with Crippen molar-refractivity contribution < 1.29 is 19.1 Å². The number of aromatic nitrogens is 2. The molecular formula is C21H24N4O4. The van der Waals surface area contributed by atoms with Crippen molar-refractivity contribution in [1.82, 2.24) is 14.7 Å². The van der Waals surface area contributed by atoms with Gasteiger partial charge in [0, 0.05) is 24.8 Å². The van der Waals surface area contributed by atoms with Crippen molar-refractivity contribution in [1.29, 1.82) is 0 Å². The summed E-state index contributed by atoms with van der Waals surface area (Å²) in [6.45, 7) is 3.72. The molecule has 1 unspecified atom stereocenters. The summed E-state index contributed by atoms with van der Waals surface area (Å²) in [6, 6.07) is 6.35. The summed E-state index contributed by atoms with van der Waals surface area (Å²) < 4.78 is 7.29. The molecule has 1 saturated heterocycles. The molecule has 29 heavy (non-hydrogen) atoms. The first-order chi connectivity index (χ1) is 14.1. The van der Waals surface area contributed by atoms with Gasteiger partial charge in [-0.05, 0) is 37.5 Å². The van der Waals surface area contributed by atoms with Crippen LogP contribution >= 0.6 is 0 Å². The Kier molecular flexibility index (Phi) is 5.44. The number of carbonyl (C=O) groups excluding carboxylic acids is 3. The SMILES string of the molecule is CCCCn1nccc1NC(=O)c1ccc2c(c1)C(=O)N(CC1CCCO1)C2=O. The summed E-state index contributed by atoms with van der Waals surface area (Å²) in [6.07, 6.45) is 5.29. The number of imide groups is 1. The van der Waals surface area contributed by atoms with E-state index < -0.39 is 0 Å². The fourth-order valence-electron chi connectivity index (χ4n) is 3.70. The maximum atomic E-state index is 12.8. The lowest BCUT2D eigenvalue weighted by atomic mass is 10.1. The minimum Gasteiger partial charge on any atom is -0.376 e. The normalized spacial score (nSPS) is 18.4. The largest absolute Gasteiger partial charge is 0.376 e. The van der Waals surface area contributed by atoms with Crippen LogP contribution in [0.1, 0.15) is 63.7 Å². The van der Waals surface area contributed by atoms with Gasteiger partial charge >= 0.3 is 0 Å². The van der Waals surface area contributed by atoms with Gasteiger partial charge in [-0.1, -0.05) is 13.3 Å². The van der Waals surface area contributed by atoms with Crippen LogP contribution in [0.25, 0.3) is 0 Å². The minimum absolute atomic E-state index is 0.108. The van der Waals surface area contributed by atoms with E-state index in [4.69, 9.17) is 4.74 Å². The van der Waals surface area contributed by atoms with Gasteiger partial charge in [0.05, 0.1) is 30.0 Å². The van der Waals surface area contributed by atoms with Gasteiger partial charge in [-0.3, -0.25) is 19.3 Å². The molecule has 0 bridgehead atoms. The number of carbonyl (C=O) groups is 3. The van der Waals surface area contributed by atoms with Crippen molar-refractivity contribution >= 4 is 23.5 Å². The average molecular weight is 396 g/mol. The van der Waals surface area contributed by atoms with Gasteiger partial charge in [-0.25, -0.2) is 4.68 Å². The zero-order valence-corrected chi connectivity index (χ0v) is 16.4. The average Bonchev–Trinajstić information content (AvgIpc) is 3.45. The lowest BCUT2D eigenvalue weighted by molar-refractivity contribution is 0.0475. The van der Waals surface area contributed by atoms with Crippen molar-refractivity contribution in [2.45, 2.75) is 45.3 Å². The summed E-state index contributed by atoms with van der Waals surface area (Å²) >= 11 is 0. The van der Waals surface area contributed by atoms with Crippen LogP contribution in [0.4, 0.5) is 5.82 Å². The van der Waals surface area contributed by atoms with Crippen LogP contribution in [0.15, 0.2) is 30.5 Å². The summed E-state index contributed by atoms with van der Waals surface area (Å²) in [4.78, 5) is 39.3. The second kappa shape index (κ2) is 8.16. The molecule has 1 atom stereocenters. The molecule has 8 nitrogen and oxygen atoms in total. The van der Waals surface area contributed by atoms with Gasteiger partial charge < -0.3 is 10.1 Å². The Hall–Kier alpha value is -3.00. The zero-order chi connectivity index (χ0) is 20.4. The van der Waals surface area contributed by atoms with E-state index in [9.17, 15) is 14.4 Å². The van der Waals surface area contributed by atoms with Gasteiger partial charge in [-0.2, -0.15) is 5.10 Å². The predicted molar refractivity (Wildman–Crippen MR) is 106 cm³/mol. The molecule has 4 rings (SSSR count). The third-order valence-corrected chi connectivity index (χ3v) is 5.32. The molecule has 2 aliphatic heterocycles. The highest BCUT2D eigenvalue weighted by Gasteiger charge is 2.38. The summed E-state index contributed by atoms with van der Waals surface area (Å²) in [5.74, 6) is -0.441. The first-order valence-corrected chi connectivity index (χ1v) is 10.0. The molecule has 3 heterocycles. The first-order valence-electron chi connectivity index (χ1n) is 10.0. The number of hydrogen-bond acceptors (Lipinski definition) is 5. The summed E-state index contributed by atoms with van der Waals surface area (Å²) in [5, 5.41) is 7.06. The van der Waals surface area contributed by atoms with Crippen molar-refractivity contribution in [3.8, 4) is 0 Å². The molecule has 0 radical (unpaired) electrons. The Morgan fingerprint density at radius 3 is 2.83 bits per heavy atom. The Morgan fingerprint density at radius 2 is 2.07 bits per heavy atom. The topological polar surface area (TPSA) is 93.5 Å². The van der Waals surface area contributed by atoms with E-state index >= 15 is 0 Å². The molecule has 1 fully saturated rings. The van der Waals surface area contributed by atoms with Crippen LogP contribution in [0, 0.1) is 0 Å². The van der Waals surface area contributed by atoms with Crippen molar-refractivity contribution in [2.24, 2.45) is 0 Å². The van der Waals surface area contributed by atoms with E-state index in [1.54, 1.807) is 29.1 Å². The number of hydrogen-bond donors (Lipinski definition) is 1. The number of benzene rings is 1. The van der Waals surface area contributed by atoms with E-state index in [1.807, 2.05) is 0 Å². The molecule has 0 spiro atoms. The third kappa shape index (κ3) is 3.80. The molecule has 8 heteroatoms. The van der Waals surface area contributed by atoms with Crippen LogP contribution in [0.5, 0.6) is 0 Å². The number of unbranched alkanes of at least 4 members (excludes halogenated alkanes) is 1. The van der Waals surface area contributed by atoms with Crippen LogP contribution in [0.2, 0.25) is 0 Å². The Balaban J connectivity index is 1.50. The van der Waals surface area contributed by atoms with Crippen LogP contribution in [-0.2, 0) is 11.3 Å². The van der Waals surface area contributed by atoms with Crippen molar-refractivity contribution in [3.63, 3.8) is 0 Å². The third-order valence-electron chi connectivity index (χ3n) is 5.32. The Labute approximate surface area is 168 Å². The summed E-state index contributed by atoms with van der Waals surface area (Å²) in [5.41, 5.74) is 0.921.